The summed E-state index contributed by atoms with van der Waals surface area (Å²) < 4.78 is 5.92. The van der Waals surface area contributed by atoms with Gasteiger partial charge in [-0.3, -0.25) is 0 Å². The van der Waals surface area contributed by atoms with Crippen LogP contribution in [0.3, 0.4) is 0 Å². The first kappa shape index (κ1) is 11.7. The van der Waals surface area contributed by atoms with E-state index < -0.39 is 0 Å². The minimum Gasteiger partial charge on any atom is -0.488 e. The molecule has 1 aromatic carbocycles. The van der Waals surface area contributed by atoms with Crippen LogP contribution >= 0.6 is 11.6 Å². The number of aliphatic hydroxyl groups is 1. The van der Waals surface area contributed by atoms with Gasteiger partial charge in [-0.15, -0.1) is 0 Å². The first-order chi connectivity index (χ1) is 7.81. The van der Waals surface area contributed by atoms with Crippen LogP contribution in [-0.4, -0.2) is 11.2 Å². The summed E-state index contributed by atoms with van der Waals surface area (Å²) in [5, 5.41) is 9.83. The van der Waals surface area contributed by atoms with Gasteiger partial charge in [0, 0.05) is 5.56 Å². The van der Waals surface area contributed by atoms with Crippen LogP contribution in [0.4, 0.5) is 0 Å². The van der Waals surface area contributed by atoms with Crippen LogP contribution in [0.25, 0.3) is 0 Å². The molecule has 1 aromatic rings. The Labute approximate surface area is 101 Å². The van der Waals surface area contributed by atoms with E-state index in [-0.39, 0.29) is 12.7 Å². The van der Waals surface area contributed by atoms with E-state index in [9.17, 15) is 5.11 Å². The highest BCUT2D eigenvalue weighted by Crippen LogP contribution is 2.32. The minimum absolute atomic E-state index is 0.0252. The molecule has 1 aliphatic rings. The van der Waals surface area contributed by atoms with E-state index in [1.54, 1.807) is 6.07 Å². The maximum absolute atomic E-state index is 9.23. The zero-order chi connectivity index (χ0) is 11.4. The van der Waals surface area contributed by atoms with E-state index in [0.717, 1.165) is 18.4 Å². The van der Waals surface area contributed by atoms with Crippen molar-refractivity contribution < 1.29 is 9.84 Å². The molecule has 0 radical (unpaired) electrons. The average molecular weight is 241 g/mol. The molecule has 2 nitrogen and oxygen atoms in total. The first-order valence-electron chi connectivity index (χ1n) is 5.86. The number of aliphatic hydroxyl groups excluding tert-OH is 1. The Hall–Kier alpha value is -0.730. The average Bonchev–Trinajstić information content (AvgIpc) is 2.33. The predicted molar refractivity (Wildman–Crippen MR) is 64.9 cm³/mol. The molecule has 0 bridgehead atoms. The number of hydrogen-bond acceptors (Lipinski definition) is 2. The lowest BCUT2D eigenvalue weighted by atomic mass is 9.98. The topological polar surface area (TPSA) is 29.5 Å². The van der Waals surface area contributed by atoms with Crippen LogP contribution in [0.5, 0.6) is 5.75 Å². The monoisotopic (exact) mass is 240 g/mol. The van der Waals surface area contributed by atoms with Crippen molar-refractivity contribution in [3.8, 4) is 5.75 Å². The second-order valence-corrected chi connectivity index (χ2v) is 4.67. The van der Waals surface area contributed by atoms with Crippen LogP contribution in [0, 0.1) is 0 Å². The molecule has 1 saturated carbocycles. The highest BCUT2D eigenvalue weighted by molar-refractivity contribution is 6.32. The van der Waals surface area contributed by atoms with Crippen LogP contribution in [0.15, 0.2) is 18.2 Å². The highest BCUT2D eigenvalue weighted by Gasteiger charge is 2.17. The molecule has 16 heavy (non-hydrogen) atoms. The second kappa shape index (κ2) is 5.55. The summed E-state index contributed by atoms with van der Waals surface area (Å²) in [6, 6.07) is 5.49. The predicted octanol–water partition coefficient (Wildman–Crippen LogP) is 3.54. The van der Waals surface area contributed by atoms with Crippen molar-refractivity contribution >= 4 is 11.6 Å². The zero-order valence-electron chi connectivity index (χ0n) is 9.29. The number of hydrogen-bond donors (Lipinski definition) is 1. The molecular formula is C13H17ClO2. The lowest BCUT2D eigenvalue weighted by molar-refractivity contribution is 0.150. The summed E-state index contributed by atoms with van der Waals surface area (Å²) in [5.41, 5.74) is 0.776. The van der Waals surface area contributed by atoms with E-state index in [1.807, 2.05) is 12.1 Å². The Kier molecular flexibility index (Phi) is 4.08. The van der Waals surface area contributed by atoms with Gasteiger partial charge in [-0.2, -0.15) is 0 Å². The fourth-order valence-electron chi connectivity index (χ4n) is 2.16. The van der Waals surface area contributed by atoms with Crippen molar-refractivity contribution in [2.45, 2.75) is 44.8 Å². The third kappa shape index (κ3) is 2.69. The van der Waals surface area contributed by atoms with E-state index in [2.05, 4.69) is 0 Å². The Morgan fingerprint density at radius 1 is 1.25 bits per heavy atom. The van der Waals surface area contributed by atoms with E-state index in [4.69, 9.17) is 16.3 Å². The molecule has 1 aliphatic carbocycles. The molecular weight excluding hydrogens is 224 g/mol. The fourth-order valence-corrected chi connectivity index (χ4v) is 2.40. The molecule has 3 heteroatoms. The van der Waals surface area contributed by atoms with E-state index in [0.29, 0.717) is 10.8 Å². The smallest absolute Gasteiger partial charge is 0.143 e. The number of halogens is 1. The van der Waals surface area contributed by atoms with Gasteiger partial charge in [-0.05, 0) is 31.7 Å². The minimum atomic E-state index is -0.0252. The number of ether oxygens (including phenoxy) is 1. The summed E-state index contributed by atoms with van der Waals surface area (Å²) in [6.45, 7) is -0.0252. The maximum atomic E-state index is 9.23. The fraction of sp³-hybridized carbons (Fsp3) is 0.538. The zero-order valence-corrected chi connectivity index (χ0v) is 10.0. The molecule has 2 rings (SSSR count). The molecule has 0 aromatic heterocycles. The molecule has 0 heterocycles. The number of benzene rings is 1. The van der Waals surface area contributed by atoms with Gasteiger partial charge in [0.1, 0.15) is 5.75 Å². The second-order valence-electron chi connectivity index (χ2n) is 4.26. The van der Waals surface area contributed by atoms with Gasteiger partial charge in [0.25, 0.3) is 0 Å². The van der Waals surface area contributed by atoms with Crippen LogP contribution in [0.2, 0.25) is 5.02 Å². The van der Waals surface area contributed by atoms with Gasteiger partial charge in [-0.1, -0.05) is 30.2 Å². The van der Waals surface area contributed by atoms with Gasteiger partial charge in [0.05, 0.1) is 17.7 Å². The SMILES string of the molecule is OCc1cccc(Cl)c1OC1CCCCC1. The Balaban J connectivity index is 2.12. The largest absolute Gasteiger partial charge is 0.488 e. The third-order valence-corrected chi connectivity index (χ3v) is 3.35. The summed E-state index contributed by atoms with van der Waals surface area (Å²) in [4.78, 5) is 0. The lowest BCUT2D eigenvalue weighted by Gasteiger charge is -2.24. The molecule has 1 N–H and O–H groups in total. The molecule has 88 valence electrons. The molecule has 0 unspecified atom stereocenters. The molecule has 0 atom stereocenters. The van der Waals surface area contributed by atoms with Crippen molar-refractivity contribution in [1.29, 1.82) is 0 Å². The standard InChI is InChI=1S/C13H17ClO2/c14-12-8-4-5-10(9-15)13(12)16-11-6-2-1-3-7-11/h4-5,8,11,15H,1-3,6-7,9H2. The lowest BCUT2D eigenvalue weighted by Crippen LogP contribution is -2.20. The molecule has 0 spiro atoms. The highest BCUT2D eigenvalue weighted by atomic mass is 35.5. The van der Waals surface area contributed by atoms with Gasteiger partial charge in [0.15, 0.2) is 0 Å². The molecule has 0 aliphatic heterocycles. The van der Waals surface area contributed by atoms with Crippen molar-refractivity contribution in [1.82, 2.24) is 0 Å². The molecule has 0 amide bonds. The maximum Gasteiger partial charge on any atom is 0.143 e. The Morgan fingerprint density at radius 3 is 2.69 bits per heavy atom. The first-order valence-corrected chi connectivity index (χ1v) is 6.24. The Bertz CT molecular complexity index is 346. The molecule has 0 saturated heterocycles. The van der Waals surface area contributed by atoms with Crippen molar-refractivity contribution in [3.63, 3.8) is 0 Å². The number of rotatable bonds is 3. The van der Waals surface area contributed by atoms with Gasteiger partial charge in [0.2, 0.25) is 0 Å². The summed E-state index contributed by atoms with van der Waals surface area (Å²) >= 11 is 6.09. The van der Waals surface area contributed by atoms with Gasteiger partial charge in [-0.25, -0.2) is 0 Å². The Morgan fingerprint density at radius 2 is 2.00 bits per heavy atom. The normalized spacial score (nSPS) is 17.4. The van der Waals surface area contributed by atoms with E-state index in [1.165, 1.54) is 19.3 Å². The van der Waals surface area contributed by atoms with Crippen LogP contribution < -0.4 is 4.74 Å². The third-order valence-electron chi connectivity index (χ3n) is 3.06. The van der Waals surface area contributed by atoms with Crippen molar-refractivity contribution in [3.05, 3.63) is 28.8 Å². The van der Waals surface area contributed by atoms with Gasteiger partial charge >= 0.3 is 0 Å². The summed E-state index contributed by atoms with van der Waals surface area (Å²) in [6.07, 6.45) is 6.20. The van der Waals surface area contributed by atoms with Crippen LogP contribution in [0.1, 0.15) is 37.7 Å². The van der Waals surface area contributed by atoms with Gasteiger partial charge < -0.3 is 9.84 Å². The molecule has 1 fully saturated rings. The number of para-hydroxylation sites is 1. The van der Waals surface area contributed by atoms with E-state index >= 15 is 0 Å². The summed E-state index contributed by atoms with van der Waals surface area (Å²) in [5.74, 6) is 0.665. The summed E-state index contributed by atoms with van der Waals surface area (Å²) in [7, 11) is 0. The quantitative estimate of drug-likeness (QED) is 0.876. The van der Waals surface area contributed by atoms with Crippen molar-refractivity contribution in [2.75, 3.05) is 0 Å². The van der Waals surface area contributed by atoms with Crippen LogP contribution in [-0.2, 0) is 6.61 Å². The van der Waals surface area contributed by atoms with Crippen molar-refractivity contribution in [2.24, 2.45) is 0 Å².